The van der Waals surface area contributed by atoms with Crippen LogP contribution in [-0.2, 0) is 9.53 Å². The van der Waals surface area contributed by atoms with E-state index in [-0.39, 0.29) is 18.1 Å². The molecule has 0 aliphatic carbocycles. The average Bonchev–Trinajstić information content (AvgIpc) is 2.15. The number of ether oxygens (including phenoxy) is 1. The standard InChI is InChI=1S/C9H20N2O2/c1-4-8(10)5-6-11-9(12)7(2)13-3/h7-8H,4-6,10H2,1-3H3,(H,11,12). The maximum Gasteiger partial charge on any atom is 0.248 e. The van der Waals surface area contributed by atoms with E-state index in [9.17, 15) is 4.79 Å². The summed E-state index contributed by atoms with van der Waals surface area (Å²) < 4.78 is 4.85. The first-order chi connectivity index (χ1) is 6.11. The highest BCUT2D eigenvalue weighted by Gasteiger charge is 2.10. The highest BCUT2D eigenvalue weighted by Crippen LogP contribution is 1.92. The Bertz CT molecular complexity index is 151. The molecule has 4 heteroatoms. The molecule has 4 nitrogen and oxygen atoms in total. The summed E-state index contributed by atoms with van der Waals surface area (Å²) in [7, 11) is 1.52. The molecule has 0 bridgehead atoms. The van der Waals surface area contributed by atoms with E-state index in [0.717, 1.165) is 12.8 Å². The highest BCUT2D eigenvalue weighted by atomic mass is 16.5. The SMILES string of the molecule is CCC(N)CCNC(=O)C(C)OC. The van der Waals surface area contributed by atoms with Crippen LogP contribution in [-0.4, -0.2) is 31.7 Å². The zero-order valence-corrected chi connectivity index (χ0v) is 8.67. The predicted molar refractivity (Wildman–Crippen MR) is 52.4 cm³/mol. The second-order valence-electron chi connectivity index (χ2n) is 3.13. The molecule has 0 aromatic rings. The number of nitrogens with two attached hydrogens (primary N) is 1. The smallest absolute Gasteiger partial charge is 0.248 e. The number of methoxy groups -OCH3 is 1. The van der Waals surface area contributed by atoms with Gasteiger partial charge >= 0.3 is 0 Å². The summed E-state index contributed by atoms with van der Waals surface area (Å²) in [5, 5.41) is 2.75. The largest absolute Gasteiger partial charge is 0.372 e. The van der Waals surface area contributed by atoms with Crippen LogP contribution in [0, 0.1) is 0 Å². The van der Waals surface area contributed by atoms with Gasteiger partial charge in [-0.05, 0) is 19.8 Å². The zero-order valence-electron chi connectivity index (χ0n) is 8.67. The van der Waals surface area contributed by atoms with Crippen molar-refractivity contribution in [2.45, 2.75) is 38.8 Å². The van der Waals surface area contributed by atoms with Gasteiger partial charge in [-0.1, -0.05) is 6.92 Å². The molecule has 0 heterocycles. The minimum atomic E-state index is -0.377. The summed E-state index contributed by atoms with van der Waals surface area (Å²) in [4.78, 5) is 11.2. The molecular weight excluding hydrogens is 168 g/mol. The van der Waals surface area contributed by atoms with Crippen LogP contribution in [0.15, 0.2) is 0 Å². The number of carbonyl (C=O) groups is 1. The van der Waals surface area contributed by atoms with Gasteiger partial charge < -0.3 is 15.8 Å². The molecule has 0 saturated heterocycles. The number of hydrogen-bond donors (Lipinski definition) is 2. The van der Waals surface area contributed by atoms with E-state index < -0.39 is 0 Å². The Labute approximate surface area is 79.8 Å². The minimum absolute atomic E-state index is 0.0780. The first-order valence-corrected chi connectivity index (χ1v) is 4.67. The van der Waals surface area contributed by atoms with Gasteiger partial charge in [0.1, 0.15) is 6.10 Å². The molecule has 0 fully saturated rings. The third-order valence-corrected chi connectivity index (χ3v) is 2.06. The average molecular weight is 188 g/mol. The molecule has 13 heavy (non-hydrogen) atoms. The second kappa shape index (κ2) is 6.86. The lowest BCUT2D eigenvalue weighted by molar-refractivity contribution is -0.130. The summed E-state index contributed by atoms with van der Waals surface area (Å²) in [6, 6.07) is 0.179. The normalized spacial score (nSPS) is 15.1. The summed E-state index contributed by atoms with van der Waals surface area (Å²) >= 11 is 0. The van der Waals surface area contributed by atoms with Crippen molar-refractivity contribution in [1.29, 1.82) is 0 Å². The van der Waals surface area contributed by atoms with Crippen molar-refractivity contribution in [2.24, 2.45) is 5.73 Å². The van der Waals surface area contributed by atoms with Gasteiger partial charge in [0.25, 0.3) is 0 Å². The zero-order chi connectivity index (χ0) is 10.3. The maximum atomic E-state index is 11.2. The minimum Gasteiger partial charge on any atom is -0.372 e. The van der Waals surface area contributed by atoms with E-state index in [1.165, 1.54) is 7.11 Å². The monoisotopic (exact) mass is 188 g/mol. The molecule has 0 aromatic heterocycles. The van der Waals surface area contributed by atoms with Crippen molar-refractivity contribution < 1.29 is 9.53 Å². The van der Waals surface area contributed by atoms with Crippen molar-refractivity contribution >= 4 is 5.91 Å². The molecule has 0 saturated carbocycles. The van der Waals surface area contributed by atoms with Crippen molar-refractivity contribution in [3.05, 3.63) is 0 Å². The summed E-state index contributed by atoms with van der Waals surface area (Å²) in [6.45, 7) is 4.38. The van der Waals surface area contributed by atoms with Crippen LogP contribution in [0.25, 0.3) is 0 Å². The van der Waals surface area contributed by atoms with Crippen molar-refractivity contribution in [1.82, 2.24) is 5.32 Å². The van der Waals surface area contributed by atoms with Crippen LogP contribution in [0.5, 0.6) is 0 Å². The molecule has 1 amide bonds. The quantitative estimate of drug-likeness (QED) is 0.628. The molecule has 78 valence electrons. The van der Waals surface area contributed by atoms with Gasteiger partial charge in [0, 0.05) is 19.7 Å². The van der Waals surface area contributed by atoms with Gasteiger partial charge in [0.15, 0.2) is 0 Å². The molecule has 0 aliphatic rings. The van der Waals surface area contributed by atoms with Gasteiger partial charge in [-0.2, -0.15) is 0 Å². The van der Waals surface area contributed by atoms with Crippen LogP contribution in [0.4, 0.5) is 0 Å². The van der Waals surface area contributed by atoms with Crippen LogP contribution >= 0.6 is 0 Å². The Morgan fingerprint density at radius 1 is 1.62 bits per heavy atom. The number of amides is 1. The number of hydrogen-bond acceptors (Lipinski definition) is 3. The third kappa shape index (κ3) is 5.60. The lowest BCUT2D eigenvalue weighted by Gasteiger charge is -2.12. The Kier molecular flexibility index (Phi) is 6.54. The molecule has 0 aromatic carbocycles. The fourth-order valence-corrected chi connectivity index (χ4v) is 0.836. The molecule has 2 unspecified atom stereocenters. The lowest BCUT2D eigenvalue weighted by atomic mass is 10.2. The molecule has 0 rings (SSSR count). The van der Waals surface area contributed by atoms with Crippen molar-refractivity contribution in [3.63, 3.8) is 0 Å². The Balaban J connectivity index is 3.47. The first kappa shape index (κ1) is 12.4. The molecular formula is C9H20N2O2. The molecule has 2 atom stereocenters. The summed E-state index contributed by atoms with van der Waals surface area (Å²) in [5.41, 5.74) is 5.69. The van der Waals surface area contributed by atoms with Gasteiger partial charge in [0.2, 0.25) is 5.91 Å². The molecule has 3 N–H and O–H groups in total. The first-order valence-electron chi connectivity index (χ1n) is 4.67. The van der Waals surface area contributed by atoms with Crippen LogP contribution < -0.4 is 11.1 Å². The predicted octanol–water partition coefficient (Wildman–Crippen LogP) is 0.265. The van der Waals surface area contributed by atoms with E-state index in [2.05, 4.69) is 5.32 Å². The van der Waals surface area contributed by atoms with Crippen molar-refractivity contribution in [3.8, 4) is 0 Å². The van der Waals surface area contributed by atoms with E-state index >= 15 is 0 Å². The summed E-state index contributed by atoms with van der Waals surface area (Å²) in [6.07, 6.45) is 1.38. The van der Waals surface area contributed by atoms with E-state index in [0.29, 0.717) is 6.54 Å². The fraction of sp³-hybridized carbons (Fsp3) is 0.889. The number of carbonyl (C=O) groups excluding carboxylic acids is 1. The third-order valence-electron chi connectivity index (χ3n) is 2.06. The van der Waals surface area contributed by atoms with Gasteiger partial charge in [-0.15, -0.1) is 0 Å². The number of rotatable bonds is 6. The van der Waals surface area contributed by atoms with E-state index in [1.54, 1.807) is 6.92 Å². The number of nitrogens with one attached hydrogen (secondary N) is 1. The summed E-state index contributed by atoms with van der Waals surface area (Å²) in [5.74, 6) is -0.0780. The van der Waals surface area contributed by atoms with E-state index in [4.69, 9.17) is 10.5 Å². The topological polar surface area (TPSA) is 64.3 Å². The van der Waals surface area contributed by atoms with Gasteiger partial charge in [-0.25, -0.2) is 0 Å². The maximum absolute atomic E-state index is 11.2. The van der Waals surface area contributed by atoms with Crippen LogP contribution in [0.3, 0.4) is 0 Å². The highest BCUT2D eigenvalue weighted by molar-refractivity contribution is 5.80. The molecule has 0 radical (unpaired) electrons. The molecule has 0 spiro atoms. The van der Waals surface area contributed by atoms with Crippen LogP contribution in [0.2, 0.25) is 0 Å². The van der Waals surface area contributed by atoms with Crippen LogP contribution in [0.1, 0.15) is 26.7 Å². The lowest BCUT2D eigenvalue weighted by Crippen LogP contribution is -2.36. The Hall–Kier alpha value is -0.610. The Morgan fingerprint density at radius 2 is 2.23 bits per heavy atom. The van der Waals surface area contributed by atoms with Gasteiger partial charge in [-0.3, -0.25) is 4.79 Å². The van der Waals surface area contributed by atoms with Gasteiger partial charge in [0.05, 0.1) is 0 Å². The van der Waals surface area contributed by atoms with Crippen molar-refractivity contribution in [2.75, 3.05) is 13.7 Å². The molecule has 0 aliphatic heterocycles. The van der Waals surface area contributed by atoms with E-state index in [1.807, 2.05) is 6.92 Å². The second-order valence-corrected chi connectivity index (χ2v) is 3.13. The Morgan fingerprint density at radius 3 is 2.69 bits per heavy atom. The fourth-order valence-electron chi connectivity index (χ4n) is 0.836.